The summed E-state index contributed by atoms with van der Waals surface area (Å²) < 4.78 is 36.6. The summed E-state index contributed by atoms with van der Waals surface area (Å²) in [5.74, 6) is 0.807. The lowest BCUT2D eigenvalue weighted by molar-refractivity contribution is -0.128. The van der Waals surface area contributed by atoms with Gasteiger partial charge in [-0.1, -0.05) is 23.7 Å². The second-order valence-electron chi connectivity index (χ2n) is 6.73. The third kappa shape index (κ3) is 5.33. The number of amides is 1. The van der Waals surface area contributed by atoms with Gasteiger partial charge in [-0.3, -0.25) is 9.10 Å². The van der Waals surface area contributed by atoms with E-state index in [9.17, 15) is 13.2 Å². The average Bonchev–Trinajstić information content (AvgIpc) is 2.87. The number of carbonyl (C=O) groups excluding carboxylic acids is 1. The molecule has 156 valence electrons. The summed E-state index contributed by atoms with van der Waals surface area (Å²) in [7, 11) is -1.92. The Bertz CT molecular complexity index is 979. The van der Waals surface area contributed by atoms with Crippen LogP contribution < -0.4 is 19.1 Å². The molecule has 1 atom stereocenters. The van der Waals surface area contributed by atoms with Crippen LogP contribution in [0.2, 0.25) is 5.02 Å². The Morgan fingerprint density at radius 3 is 2.66 bits per heavy atom. The maximum absolute atomic E-state index is 12.6. The minimum absolute atomic E-state index is 0.128. The van der Waals surface area contributed by atoms with Crippen LogP contribution >= 0.6 is 11.6 Å². The summed E-state index contributed by atoms with van der Waals surface area (Å²) in [6.07, 6.45) is 1.21. The van der Waals surface area contributed by atoms with E-state index in [4.69, 9.17) is 21.1 Å². The van der Waals surface area contributed by atoms with Crippen LogP contribution in [0.5, 0.6) is 11.5 Å². The smallest absolute Gasteiger partial charge is 0.261 e. The van der Waals surface area contributed by atoms with Gasteiger partial charge in [0.05, 0.1) is 19.1 Å². The molecule has 2 aromatic rings. The van der Waals surface area contributed by atoms with Crippen molar-refractivity contribution < 1.29 is 22.7 Å². The molecule has 1 heterocycles. The highest BCUT2D eigenvalue weighted by atomic mass is 35.5. The Hall–Kier alpha value is -2.45. The molecule has 3 rings (SSSR count). The van der Waals surface area contributed by atoms with E-state index in [2.05, 4.69) is 5.32 Å². The predicted molar refractivity (Wildman–Crippen MR) is 112 cm³/mol. The second kappa shape index (κ2) is 8.92. The second-order valence-corrected chi connectivity index (χ2v) is 9.07. The quantitative estimate of drug-likeness (QED) is 0.749. The predicted octanol–water partition coefficient (Wildman–Crippen LogP) is 2.62. The van der Waals surface area contributed by atoms with E-state index in [0.717, 1.165) is 17.6 Å². The Morgan fingerprint density at radius 2 is 2.00 bits per heavy atom. The lowest BCUT2D eigenvalue weighted by atomic mass is 10.1. The van der Waals surface area contributed by atoms with Crippen molar-refractivity contribution in [3.05, 3.63) is 53.1 Å². The minimum atomic E-state index is -3.53. The zero-order valence-corrected chi connectivity index (χ0v) is 17.8. The fourth-order valence-electron chi connectivity index (χ4n) is 3.12. The molecule has 0 saturated carbocycles. The number of ether oxygens (including phenoxy) is 2. The molecule has 0 aliphatic carbocycles. The van der Waals surface area contributed by atoms with E-state index < -0.39 is 16.1 Å². The summed E-state index contributed by atoms with van der Waals surface area (Å²) in [6, 6.07) is 12.3. The molecule has 0 aromatic heterocycles. The first-order valence-electron chi connectivity index (χ1n) is 9.12. The lowest BCUT2D eigenvalue weighted by Gasteiger charge is -2.21. The number of hydrogen-bond donors (Lipinski definition) is 1. The van der Waals surface area contributed by atoms with E-state index >= 15 is 0 Å². The highest BCUT2D eigenvalue weighted by Crippen LogP contribution is 2.36. The number of nitrogens with one attached hydrogen (secondary N) is 1. The number of fused-ring (bicyclic) bond motifs is 1. The van der Waals surface area contributed by atoms with E-state index in [1.165, 1.54) is 10.4 Å². The van der Waals surface area contributed by atoms with E-state index in [1.54, 1.807) is 19.2 Å². The Balaban J connectivity index is 1.66. The first-order valence-corrected chi connectivity index (χ1v) is 11.3. The number of benzene rings is 2. The first-order chi connectivity index (χ1) is 13.8. The summed E-state index contributed by atoms with van der Waals surface area (Å²) in [5.41, 5.74) is 1.41. The molecule has 0 unspecified atom stereocenters. The number of hydrogen-bond acceptors (Lipinski definition) is 5. The molecule has 29 heavy (non-hydrogen) atoms. The van der Waals surface area contributed by atoms with Gasteiger partial charge in [-0.2, -0.15) is 0 Å². The molecule has 0 fully saturated rings. The van der Waals surface area contributed by atoms with Gasteiger partial charge in [0.1, 0.15) is 11.5 Å². The maximum atomic E-state index is 12.6. The molecule has 1 amide bonds. The molecule has 0 spiro atoms. The molecule has 9 heteroatoms. The third-order valence-electron chi connectivity index (χ3n) is 4.62. The third-order valence-corrected chi connectivity index (χ3v) is 6.03. The SMILES string of the molecule is COc1ccc(CCNC(=O)[C@@H]2CCN(S(C)(=O)=O)c3cc(Cl)ccc3O2)cc1. The van der Waals surface area contributed by atoms with E-state index in [-0.39, 0.29) is 18.9 Å². The maximum Gasteiger partial charge on any atom is 0.261 e. The molecule has 2 aromatic carbocycles. The fraction of sp³-hybridized carbons (Fsp3) is 0.350. The lowest BCUT2D eigenvalue weighted by Crippen LogP contribution is -2.40. The molecule has 1 N–H and O–H groups in total. The summed E-state index contributed by atoms with van der Waals surface area (Å²) in [4.78, 5) is 12.6. The molecule has 7 nitrogen and oxygen atoms in total. The minimum Gasteiger partial charge on any atom is -0.497 e. The van der Waals surface area contributed by atoms with Crippen molar-refractivity contribution in [1.82, 2.24) is 5.32 Å². The van der Waals surface area contributed by atoms with Gasteiger partial charge in [0.25, 0.3) is 5.91 Å². The van der Waals surface area contributed by atoms with Gasteiger partial charge in [0.15, 0.2) is 6.10 Å². The number of methoxy groups -OCH3 is 1. The van der Waals surface area contributed by atoms with Crippen molar-refractivity contribution in [3.8, 4) is 11.5 Å². The highest BCUT2D eigenvalue weighted by molar-refractivity contribution is 7.92. The topological polar surface area (TPSA) is 84.9 Å². The molecular formula is C20H23ClN2O5S. The summed E-state index contributed by atoms with van der Waals surface area (Å²) in [6.45, 7) is 0.566. The van der Waals surface area contributed by atoms with Crippen molar-refractivity contribution in [1.29, 1.82) is 0 Å². The van der Waals surface area contributed by atoms with Gasteiger partial charge in [0.2, 0.25) is 10.0 Å². The summed E-state index contributed by atoms with van der Waals surface area (Å²) in [5, 5.41) is 3.26. The van der Waals surface area contributed by atoms with Crippen molar-refractivity contribution >= 4 is 33.2 Å². The normalized spacial score (nSPS) is 16.4. The molecule has 1 aliphatic heterocycles. The zero-order valence-electron chi connectivity index (χ0n) is 16.2. The van der Waals surface area contributed by atoms with Crippen LogP contribution in [0, 0.1) is 0 Å². The van der Waals surface area contributed by atoms with Crippen molar-refractivity contribution in [2.45, 2.75) is 18.9 Å². The monoisotopic (exact) mass is 438 g/mol. The highest BCUT2D eigenvalue weighted by Gasteiger charge is 2.31. The number of rotatable bonds is 6. The van der Waals surface area contributed by atoms with Crippen molar-refractivity contribution in [2.75, 3.05) is 30.8 Å². The molecule has 0 saturated heterocycles. The van der Waals surface area contributed by atoms with E-state index in [1.807, 2.05) is 24.3 Å². The van der Waals surface area contributed by atoms with Gasteiger partial charge < -0.3 is 14.8 Å². The number of carbonyl (C=O) groups is 1. The van der Waals surface area contributed by atoms with E-state index in [0.29, 0.717) is 29.4 Å². The van der Waals surface area contributed by atoms with Crippen LogP contribution in [0.15, 0.2) is 42.5 Å². The number of nitrogens with zero attached hydrogens (tertiary/aromatic N) is 1. The van der Waals surface area contributed by atoms with Crippen LogP contribution in [-0.4, -0.2) is 46.9 Å². The molecule has 1 aliphatic rings. The van der Waals surface area contributed by atoms with Gasteiger partial charge in [-0.05, 0) is 42.3 Å². The number of anilines is 1. The summed E-state index contributed by atoms with van der Waals surface area (Å²) >= 11 is 6.03. The van der Waals surface area contributed by atoms with Crippen molar-refractivity contribution in [3.63, 3.8) is 0 Å². The van der Waals surface area contributed by atoms with Gasteiger partial charge >= 0.3 is 0 Å². The largest absolute Gasteiger partial charge is 0.497 e. The van der Waals surface area contributed by atoms with Crippen LogP contribution in [0.25, 0.3) is 0 Å². The van der Waals surface area contributed by atoms with Gasteiger partial charge in [-0.25, -0.2) is 8.42 Å². The van der Waals surface area contributed by atoms with Crippen LogP contribution in [0.1, 0.15) is 12.0 Å². The van der Waals surface area contributed by atoms with Gasteiger partial charge in [-0.15, -0.1) is 0 Å². The Labute approximate surface area is 175 Å². The number of halogens is 1. The number of sulfonamides is 1. The fourth-order valence-corrected chi connectivity index (χ4v) is 4.22. The average molecular weight is 439 g/mol. The molecule has 0 bridgehead atoms. The van der Waals surface area contributed by atoms with Crippen LogP contribution in [0.3, 0.4) is 0 Å². The zero-order chi connectivity index (χ0) is 21.0. The molecule has 0 radical (unpaired) electrons. The Morgan fingerprint density at radius 1 is 1.28 bits per heavy atom. The standard InChI is InChI=1S/C20H23ClN2O5S/c1-27-16-6-3-14(4-7-16)9-11-22-20(24)19-10-12-23(29(2,25)26)17-13-15(21)5-8-18(17)28-19/h3-8,13,19H,9-12H2,1-2H3,(H,22,24)/t19-/m0/s1. The van der Waals surface area contributed by atoms with Crippen LogP contribution in [-0.2, 0) is 21.2 Å². The first kappa shape index (κ1) is 21.3. The van der Waals surface area contributed by atoms with Crippen molar-refractivity contribution in [2.24, 2.45) is 0 Å². The van der Waals surface area contributed by atoms with Crippen LogP contribution in [0.4, 0.5) is 5.69 Å². The Kier molecular flexibility index (Phi) is 6.54. The molecular weight excluding hydrogens is 416 g/mol. The van der Waals surface area contributed by atoms with Gasteiger partial charge in [0, 0.05) is 24.5 Å².